The molecule has 1 aromatic carbocycles. The molecule has 3 rings (SSSR count). The molecule has 1 aromatic rings. The Morgan fingerprint density at radius 2 is 1.91 bits per heavy atom. The van der Waals surface area contributed by atoms with Gasteiger partial charge in [0.25, 0.3) is 5.91 Å². The number of carbonyl (C=O) groups is 2. The Morgan fingerprint density at radius 3 is 2.55 bits per heavy atom. The first-order valence-electron chi connectivity index (χ1n) is 7.53. The molecule has 5 heteroatoms. The minimum absolute atomic E-state index is 0.144. The number of amides is 1. The van der Waals surface area contributed by atoms with E-state index in [1.54, 1.807) is 24.3 Å². The van der Waals surface area contributed by atoms with Crippen LogP contribution >= 0.6 is 0 Å². The number of fused-ring (bicyclic) bond motifs is 2. The van der Waals surface area contributed by atoms with Crippen LogP contribution in [0.4, 0.5) is 0 Å². The van der Waals surface area contributed by atoms with E-state index in [-0.39, 0.29) is 23.8 Å². The zero-order valence-electron chi connectivity index (χ0n) is 12.4. The third-order valence-corrected chi connectivity index (χ3v) is 4.96. The molecule has 2 aliphatic carbocycles. The average Bonchev–Trinajstić information content (AvgIpc) is 3.15. The molecule has 0 saturated heterocycles. The van der Waals surface area contributed by atoms with E-state index in [1.165, 1.54) is 7.11 Å². The van der Waals surface area contributed by atoms with Crippen LogP contribution in [0.5, 0.6) is 0 Å². The Morgan fingerprint density at radius 1 is 1.23 bits per heavy atom. The Kier molecular flexibility index (Phi) is 3.84. The van der Waals surface area contributed by atoms with Crippen molar-refractivity contribution in [1.29, 1.82) is 5.26 Å². The summed E-state index contributed by atoms with van der Waals surface area (Å²) in [5.74, 6) is 0.0273. The fourth-order valence-corrected chi connectivity index (χ4v) is 3.91. The molecule has 2 aliphatic rings. The van der Waals surface area contributed by atoms with E-state index < -0.39 is 0 Å². The summed E-state index contributed by atoms with van der Waals surface area (Å²) in [5, 5.41) is 11.8. The lowest BCUT2D eigenvalue weighted by atomic mass is 9.84. The minimum Gasteiger partial charge on any atom is -0.469 e. The maximum atomic E-state index is 12.4. The van der Waals surface area contributed by atoms with Gasteiger partial charge < -0.3 is 10.1 Å². The van der Waals surface area contributed by atoms with Crippen molar-refractivity contribution >= 4 is 11.9 Å². The summed E-state index contributed by atoms with van der Waals surface area (Å²) in [5.41, 5.74) is 1.02. The van der Waals surface area contributed by atoms with Gasteiger partial charge in [-0.15, -0.1) is 0 Å². The highest BCUT2D eigenvalue weighted by atomic mass is 16.5. The van der Waals surface area contributed by atoms with Gasteiger partial charge in [-0.1, -0.05) is 0 Å². The molecular formula is C17H18N2O3. The molecule has 0 radical (unpaired) electrons. The number of carbonyl (C=O) groups excluding carboxylic acids is 2. The third-order valence-electron chi connectivity index (χ3n) is 4.96. The van der Waals surface area contributed by atoms with Gasteiger partial charge in [-0.25, -0.2) is 0 Å². The number of hydrogen-bond donors (Lipinski definition) is 1. The number of methoxy groups -OCH3 is 1. The van der Waals surface area contributed by atoms with Crippen molar-refractivity contribution in [2.45, 2.75) is 25.3 Å². The summed E-state index contributed by atoms with van der Waals surface area (Å²) < 4.78 is 4.91. The molecule has 2 fully saturated rings. The van der Waals surface area contributed by atoms with Gasteiger partial charge in [0, 0.05) is 11.6 Å². The summed E-state index contributed by atoms with van der Waals surface area (Å²) in [7, 11) is 1.40. The van der Waals surface area contributed by atoms with Crippen LogP contribution in [0.1, 0.15) is 35.2 Å². The van der Waals surface area contributed by atoms with Crippen LogP contribution in [-0.4, -0.2) is 25.0 Å². The SMILES string of the molecule is COC(=O)[C@H]1[C@H]2CC[C@@H](C2)[C@H]1NC(=O)c1ccc(C#N)cc1. The lowest BCUT2D eigenvalue weighted by Gasteiger charge is -2.29. The van der Waals surface area contributed by atoms with Crippen LogP contribution in [0.15, 0.2) is 24.3 Å². The monoisotopic (exact) mass is 298 g/mol. The summed E-state index contributed by atoms with van der Waals surface area (Å²) >= 11 is 0. The van der Waals surface area contributed by atoms with Crippen LogP contribution < -0.4 is 5.32 Å². The topological polar surface area (TPSA) is 79.2 Å². The predicted octanol–water partition coefficient (Wildman–Crippen LogP) is 1.88. The van der Waals surface area contributed by atoms with E-state index in [4.69, 9.17) is 10.00 Å². The van der Waals surface area contributed by atoms with Crippen LogP contribution in [0.3, 0.4) is 0 Å². The molecule has 1 amide bonds. The Hall–Kier alpha value is -2.35. The Labute approximate surface area is 129 Å². The number of rotatable bonds is 3. The summed E-state index contributed by atoms with van der Waals surface area (Å²) in [6, 6.07) is 8.38. The van der Waals surface area contributed by atoms with Crippen molar-refractivity contribution in [3.8, 4) is 6.07 Å². The number of ether oxygens (including phenoxy) is 1. The molecule has 2 bridgehead atoms. The maximum absolute atomic E-state index is 12.4. The Balaban J connectivity index is 1.74. The van der Waals surface area contributed by atoms with E-state index in [0.717, 1.165) is 19.3 Å². The van der Waals surface area contributed by atoms with Crippen LogP contribution in [0, 0.1) is 29.1 Å². The minimum atomic E-state index is -0.230. The van der Waals surface area contributed by atoms with Crippen LogP contribution in [0.2, 0.25) is 0 Å². The largest absolute Gasteiger partial charge is 0.469 e. The predicted molar refractivity (Wildman–Crippen MR) is 78.7 cm³/mol. The fraction of sp³-hybridized carbons (Fsp3) is 0.471. The molecule has 4 atom stereocenters. The first kappa shape index (κ1) is 14.6. The molecule has 1 N–H and O–H groups in total. The van der Waals surface area contributed by atoms with Crippen molar-refractivity contribution in [2.75, 3.05) is 7.11 Å². The number of nitrogens with zero attached hydrogens (tertiary/aromatic N) is 1. The van der Waals surface area contributed by atoms with Crippen LogP contribution in [0.25, 0.3) is 0 Å². The standard InChI is InChI=1S/C17H18N2O3/c1-22-17(21)14-12-6-7-13(8-12)15(14)19-16(20)11-4-2-10(9-18)3-5-11/h2-5,12-15H,6-8H2,1H3,(H,19,20)/t12-,13-,14-,15+/m0/s1. The van der Waals surface area contributed by atoms with Gasteiger partial charge >= 0.3 is 5.97 Å². The molecule has 0 aliphatic heterocycles. The first-order valence-corrected chi connectivity index (χ1v) is 7.53. The molecular weight excluding hydrogens is 280 g/mol. The van der Waals surface area contributed by atoms with Crippen molar-refractivity contribution in [3.05, 3.63) is 35.4 Å². The van der Waals surface area contributed by atoms with Gasteiger partial charge in [0.05, 0.1) is 24.7 Å². The summed E-state index contributed by atoms with van der Waals surface area (Å²) in [4.78, 5) is 24.4. The first-order chi connectivity index (χ1) is 10.6. The molecule has 5 nitrogen and oxygen atoms in total. The van der Waals surface area contributed by atoms with Crippen molar-refractivity contribution < 1.29 is 14.3 Å². The highest BCUT2D eigenvalue weighted by Crippen LogP contribution is 2.49. The number of hydrogen-bond acceptors (Lipinski definition) is 4. The smallest absolute Gasteiger partial charge is 0.311 e. The summed E-state index contributed by atoms with van der Waals surface area (Å²) in [6.45, 7) is 0. The molecule has 0 aromatic heterocycles. The average molecular weight is 298 g/mol. The third kappa shape index (κ3) is 2.45. The van der Waals surface area contributed by atoms with Crippen LogP contribution in [-0.2, 0) is 9.53 Å². The van der Waals surface area contributed by atoms with E-state index in [1.807, 2.05) is 6.07 Å². The van der Waals surface area contributed by atoms with E-state index in [0.29, 0.717) is 23.0 Å². The van der Waals surface area contributed by atoms with Crippen molar-refractivity contribution in [3.63, 3.8) is 0 Å². The molecule has 2 saturated carbocycles. The Bertz CT molecular complexity index is 632. The van der Waals surface area contributed by atoms with E-state index in [2.05, 4.69) is 5.32 Å². The van der Waals surface area contributed by atoms with Gasteiger partial charge in [-0.05, 0) is 55.4 Å². The van der Waals surface area contributed by atoms with Crippen molar-refractivity contribution in [1.82, 2.24) is 5.32 Å². The number of benzene rings is 1. The number of nitriles is 1. The highest BCUT2D eigenvalue weighted by Gasteiger charge is 2.52. The zero-order valence-corrected chi connectivity index (χ0v) is 12.4. The van der Waals surface area contributed by atoms with Gasteiger partial charge in [-0.2, -0.15) is 5.26 Å². The zero-order chi connectivity index (χ0) is 15.7. The second kappa shape index (κ2) is 5.80. The van der Waals surface area contributed by atoms with E-state index in [9.17, 15) is 9.59 Å². The molecule has 22 heavy (non-hydrogen) atoms. The second-order valence-corrected chi connectivity index (χ2v) is 6.07. The molecule has 0 heterocycles. The van der Waals surface area contributed by atoms with Crippen molar-refractivity contribution in [2.24, 2.45) is 17.8 Å². The molecule has 0 spiro atoms. The lowest BCUT2D eigenvalue weighted by molar-refractivity contribution is -0.148. The summed E-state index contributed by atoms with van der Waals surface area (Å²) in [6.07, 6.45) is 3.07. The fourth-order valence-electron chi connectivity index (χ4n) is 3.91. The van der Waals surface area contributed by atoms with E-state index >= 15 is 0 Å². The lowest BCUT2D eigenvalue weighted by Crippen LogP contribution is -2.47. The van der Waals surface area contributed by atoms with Gasteiger partial charge in [0.1, 0.15) is 0 Å². The normalized spacial score (nSPS) is 28.9. The molecule has 114 valence electrons. The van der Waals surface area contributed by atoms with Gasteiger partial charge in [0.15, 0.2) is 0 Å². The number of esters is 1. The maximum Gasteiger partial charge on any atom is 0.311 e. The molecule has 0 unspecified atom stereocenters. The van der Waals surface area contributed by atoms with Gasteiger partial charge in [0.2, 0.25) is 0 Å². The van der Waals surface area contributed by atoms with Gasteiger partial charge in [-0.3, -0.25) is 9.59 Å². The second-order valence-electron chi connectivity index (χ2n) is 6.07. The quantitative estimate of drug-likeness (QED) is 0.864. The number of nitrogens with one attached hydrogen (secondary N) is 1. The highest BCUT2D eigenvalue weighted by molar-refractivity contribution is 5.95.